The average molecular weight is 285 g/mol. The van der Waals surface area contributed by atoms with Crippen LogP contribution in [0.15, 0.2) is 36.7 Å². The van der Waals surface area contributed by atoms with Crippen LogP contribution in [0.1, 0.15) is 30.3 Å². The maximum Gasteiger partial charge on any atom is 0.220 e. The minimum Gasteiger partial charge on any atom is -0.491 e. The summed E-state index contributed by atoms with van der Waals surface area (Å²) >= 11 is 0. The van der Waals surface area contributed by atoms with Crippen molar-refractivity contribution in [1.82, 2.24) is 14.9 Å². The molecule has 5 heteroatoms. The highest BCUT2D eigenvalue weighted by Crippen LogP contribution is 2.31. The van der Waals surface area contributed by atoms with Crippen LogP contribution in [-0.4, -0.2) is 22.1 Å². The molecule has 0 bridgehead atoms. The lowest BCUT2D eigenvalue weighted by Gasteiger charge is -2.12. The van der Waals surface area contributed by atoms with Crippen molar-refractivity contribution >= 4 is 5.91 Å². The second-order valence-electron chi connectivity index (χ2n) is 5.24. The number of imidazole rings is 1. The average Bonchev–Trinajstić information content (AvgIpc) is 3.07. The van der Waals surface area contributed by atoms with Gasteiger partial charge in [0.2, 0.25) is 5.91 Å². The van der Waals surface area contributed by atoms with Crippen molar-refractivity contribution in [3.63, 3.8) is 0 Å². The normalized spacial score (nSPS) is 16.3. The predicted molar refractivity (Wildman–Crippen MR) is 79.0 cm³/mol. The molecule has 5 nitrogen and oxygen atoms in total. The van der Waals surface area contributed by atoms with Gasteiger partial charge in [0.25, 0.3) is 0 Å². The van der Waals surface area contributed by atoms with Crippen molar-refractivity contribution < 1.29 is 9.53 Å². The summed E-state index contributed by atoms with van der Waals surface area (Å²) in [5, 5.41) is 3.04. The summed E-state index contributed by atoms with van der Waals surface area (Å²) in [6.45, 7) is 3.30. The zero-order valence-corrected chi connectivity index (χ0v) is 12.1. The Balaban J connectivity index is 1.48. The van der Waals surface area contributed by atoms with Gasteiger partial charge in [-0.25, -0.2) is 4.98 Å². The van der Waals surface area contributed by atoms with Crippen molar-refractivity contribution in [2.24, 2.45) is 0 Å². The fourth-order valence-corrected chi connectivity index (χ4v) is 2.60. The molecule has 1 aromatic carbocycles. The lowest BCUT2D eigenvalue weighted by Crippen LogP contribution is -2.29. The lowest BCUT2D eigenvalue weighted by atomic mass is 10.1. The quantitative estimate of drug-likeness (QED) is 0.916. The molecule has 2 aromatic rings. The number of aromatic nitrogens is 2. The van der Waals surface area contributed by atoms with Gasteiger partial charge in [0, 0.05) is 30.9 Å². The van der Waals surface area contributed by atoms with Crippen LogP contribution in [-0.2, 0) is 11.3 Å². The molecule has 0 saturated heterocycles. The van der Waals surface area contributed by atoms with E-state index in [4.69, 9.17) is 4.74 Å². The first-order valence-corrected chi connectivity index (χ1v) is 7.23. The molecular weight excluding hydrogens is 266 g/mol. The van der Waals surface area contributed by atoms with Crippen molar-refractivity contribution in [1.29, 1.82) is 0 Å². The maximum atomic E-state index is 12.0. The van der Waals surface area contributed by atoms with E-state index in [9.17, 15) is 4.79 Å². The van der Waals surface area contributed by atoms with E-state index in [2.05, 4.69) is 14.9 Å². The summed E-state index contributed by atoms with van der Waals surface area (Å²) in [6, 6.07) is 7.82. The largest absolute Gasteiger partial charge is 0.491 e. The molecule has 1 aliphatic rings. The fraction of sp³-hybridized carbons (Fsp3) is 0.375. The molecule has 0 aliphatic carbocycles. The van der Waals surface area contributed by atoms with Gasteiger partial charge < -0.3 is 14.6 Å². The highest BCUT2D eigenvalue weighted by Gasteiger charge is 2.24. The molecule has 0 fully saturated rings. The lowest BCUT2D eigenvalue weighted by molar-refractivity contribution is -0.122. The number of para-hydroxylation sites is 1. The van der Waals surface area contributed by atoms with Crippen LogP contribution in [0.25, 0.3) is 0 Å². The third-order valence-corrected chi connectivity index (χ3v) is 3.76. The van der Waals surface area contributed by atoms with Crippen LogP contribution in [0.3, 0.4) is 0 Å². The number of carbonyl (C=O) groups excluding carboxylic acids is 1. The molecule has 2 heterocycles. The fourth-order valence-electron chi connectivity index (χ4n) is 2.60. The van der Waals surface area contributed by atoms with Crippen molar-refractivity contribution in [3.05, 3.63) is 48.0 Å². The Morgan fingerprint density at radius 3 is 3.14 bits per heavy atom. The van der Waals surface area contributed by atoms with Gasteiger partial charge in [-0.2, -0.15) is 0 Å². The first-order chi connectivity index (χ1) is 10.2. The van der Waals surface area contributed by atoms with Gasteiger partial charge in [-0.05, 0) is 19.4 Å². The molecule has 1 atom stereocenters. The van der Waals surface area contributed by atoms with Crippen LogP contribution in [0.2, 0.25) is 0 Å². The van der Waals surface area contributed by atoms with Crippen molar-refractivity contribution in [2.45, 2.75) is 32.4 Å². The first-order valence-electron chi connectivity index (χ1n) is 7.23. The second-order valence-corrected chi connectivity index (χ2v) is 5.24. The van der Waals surface area contributed by atoms with E-state index in [0.29, 0.717) is 13.0 Å². The molecule has 0 unspecified atom stereocenters. The molecule has 21 heavy (non-hydrogen) atoms. The minimum atomic E-state index is -0.0244. The van der Waals surface area contributed by atoms with Gasteiger partial charge in [0.1, 0.15) is 18.2 Å². The summed E-state index contributed by atoms with van der Waals surface area (Å²) in [7, 11) is 0. The summed E-state index contributed by atoms with van der Waals surface area (Å²) < 4.78 is 7.62. The Bertz CT molecular complexity index is 636. The van der Waals surface area contributed by atoms with Gasteiger partial charge in [-0.3, -0.25) is 4.79 Å². The Morgan fingerprint density at radius 1 is 1.48 bits per heavy atom. The molecule has 1 aliphatic heterocycles. The molecule has 3 rings (SSSR count). The van der Waals surface area contributed by atoms with Gasteiger partial charge in [-0.1, -0.05) is 18.2 Å². The topological polar surface area (TPSA) is 56.2 Å². The second kappa shape index (κ2) is 5.99. The number of nitrogens with one attached hydrogen (secondary N) is 1. The number of hydrogen-bond donors (Lipinski definition) is 1. The predicted octanol–water partition coefficient (Wildman–Crippen LogP) is 2.22. The Morgan fingerprint density at radius 2 is 2.33 bits per heavy atom. The highest BCUT2D eigenvalue weighted by atomic mass is 16.5. The van der Waals surface area contributed by atoms with Gasteiger partial charge in [0.15, 0.2) is 0 Å². The van der Waals surface area contributed by atoms with Crippen LogP contribution < -0.4 is 10.1 Å². The van der Waals surface area contributed by atoms with Gasteiger partial charge in [-0.15, -0.1) is 0 Å². The molecular formula is C16H19N3O2. The van der Waals surface area contributed by atoms with Crippen LogP contribution in [0.5, 0.6) is 5.75 Å². The number of benzene rings is 1. The number of hydrogen-bond acceptors (Lipinski definition) is 3. The zero-order valence-electron chi connectivity index (χ0n) is 12.1. The summed E-state index contributed by atoms with van der Waals surface area (Å²) in [4.78, 5) is 16.2. The number of carbonyl (C=O) groups is 1. The maximum absolute atomic E-state index is 12.0. The van der Waals surface area contributed by atoms with Crippen molar-refractivity contribution in [2.75, 3.05) is 6.61 Å². The molecule has 0 radical (unpaired) electrons. The van der Waals surface area contributed by atoms with E-state index in [-0.39, 0.29) is 11.9 Å². The third-order valence-electron chi connectivity index (χ3n) is 3.76. The summed E-state index contributed by atoms with van der Waals surface area (Å²) in [6.07, 6.45) is 5.03. The Hall–Kier alpha value is -2.30. The highest BCUT2D eigenvalue weighted by molar-refractivity contribution is 5.76. The molecule has 0 spiro atoms. The van der Waals surface area contributed by atoms with Gasteiger partial charge in [0.05, 0.1) is 6.04 Å². The number of aryl methyl sites for hydroxylation is 2. The Kier molecular flexibility index (Phi) is 3.90. The van der Waals surface area contributed by atoms with E-state index < -0.39 is 0 Å². The molecule has 1 amide bonds. The van der Waals surface area contributed by atoms with Gasteiger partial charge >= 0.3 is 0 Å². The standard InChI is InChI=1S/C16H19N3O2/c1-12-17-8-10-19(12)9-4-7-16(20)18-14-11-21-15-6-3-2-5-13(14)15/h2-3,5-6,8,10,14H,4,7,9,11H2,1H3,(H,18,20)/t14-/m1/s1. The minimum absolute atomic E-state index is 0.0244. The number of ether oxygens (including phenoxy) is 1. The third kappa shape index (κ3) is 3.07. The summed E-state index contributed by atoms with van der Waals surface area (Å²) in [5.41, 5.74) is 1.07. The number of rotatable bonds is 5. The number of nitrogens with zero attached hydrogens (tertiary/aromatic N) is 2. The van der Waals surface area contributed by atoms with Crippen LogP contribution in [0.4, 0.5) is 0 Å². The van der Waals surface area contributed by atoms with Crippen LogP contribution >= 0.6 is 0 Å². The van der Waals surface area contributed by atoms with Crippen molar-refractivity contribution in [3.8, 4) is 5.75 Å². The molecule has 0 saturated carbocycles. The Labute approximate surface area is 124 Å². The SMILES string of the molecule is Cc1nccn1CCCC(=O)N[C@@H]1COc2ccccc21. The van der Waals surface area contributed by atoms with Crippen LogP contribution in [0, 0.1) is 6.92 Å². The first kappa shape index (κ1) is 13.7. The van der Waals surface area contributed by atoms with E-state index in [0.717, 1.165) is 30.1 Å². The smallest absolute Gasteiger partial charge is 0.220 e. The van der Waals surface area contributed by atoms with E-state index in [1.807, 2.05) is 37.4 Å². The van der Waals surface area contributed by atoms with E-state index >= 15 is 0 Å². The number of fused-ring (bicyclic) bond motifs is 1. The molecule has 110 valence electrons. The van der Waals surface area contributed by atoms with E-state index in [1.54, 1.807) is 6.20 Å². The monoisotopic (exact) mass is 285 g/mol. The molecule has 1 aromatic heterocycles. The zero-order chi connectivity index (χ0) is 14.7. The van der Waals surface area contributed by atoms with E-state index in [1.165, 1.54) is 0 Å². The molecule has 1 N–H and O–H groups in total. The number of amides is 1. The summed E-state index contributed by atoms with van der Waals surface area (Å²) in [5.74, 6) is 1.92.